The Hall–Kier alpha value is -1.86. The molecule has 1 rings (SSSR count). The first kappa shape index (κ1) is 16.2. The Bertz CT molecular complexity index is 538. The van der Waals surface area contributed by atoms with Gasteiger partial charge < -0.3 is 15.2 Å². The summed E-state index contributed by atoms with van der Waals surface area (Å²) in [6.07, 6.45) is 0.0459. The highest BCUT2D eigenvalue weighted by atomic mass is 35.5. The second-order valence-corrected chi connectivity index (χ2v) is 5.55. The van der Waals surface area contributed by atoms with E-state index in [9.17, 15) is 9.90 Å². The highest BCUT2D eigenvalue weighted by Crippen LogP contribution is 2.23. The molecule has 0 saturated carbocycles. The van der Waals surface area contributed by atoms with Crippen molar-refractivity contribution >= 4 is 17.7 Å². The summed E-state index contributed by atoms with van der Waals surface area (Å²) in [5, 5.41) is 12.1. The van der Waals surface area contributed by atoms with E-state index in [1.807, 2.05) is 0 Å². The molecule has 0 saturated heterocycles. The predicted octanol–water partition coefficient (Wildman–Crippen LogP) is 3.31. The topological polar surface area (TPSA) is 58.6 Å². The summed E-state index contributed by atoms with van der Waals surface area (Å²) in [5.41, 5.74) is 0.212. The maximum absolute atomic E-state index is 11.3. The molecule has 0 aliphatic heterocycles. The van der Waals surface area contributed by atoms with Crippen LogP contribution in [0.1, 0.15) is 32.8 Å². The zero-order chi connectivity index (χ0) is 15.2. The molecule has 1 aromatic rings. The van der Waals surface area contributed by atoms with Gasteiger partial charge in [0.25, 0.3) is 0 Å². The average molecular weight is 296 g/mol. The van der Waals surface area contributed by atoms with Gasteiger partial charge in [0.05, 0.1) is 5.02 Å². The molecule has 0 bridgehead atoms. The molecule has 0 spiro atoms. The van der Waals surface area contributed by atoms with E-state index >= 15 is 0 Å². The van der Waals surface area contributed by atoms with E-state index in [0.717, 1.165) is 0 Å². The van der Waals surface area contributed by atoms with Crippen molar-refractivity contribution in [2.24, 2.45) is 0 Å². The zero-order valence-corrected chi connectivity index (χ0v) is 12.5. The van der Waals surface area contributed by atoms with Crippen LogP contribution in [0.15, 0.2) is 18.2 Å². The normalized spacial score (nSPS) is 10.4. The molecule has 0 atom stereocenters. The number of carbonyl (C=O) groups is 1. The molecule has 4 nitrogen and oxygen atoms in total. The van der Waals surface area contributed by atoms with Gasteiger partial charge >= 0.3 is 6.09 Å². The minimum absolute atomic E-state index is 0.0313. The van der Waals surface area contributed by atoms with Crippen molar-refractivity contribution in [1.82, 2.24) is 5.32 Å². The summed E-state index contributed by atoms with van der Waals surface area (Å²) >= 11 is 5.77. The number of aromatic hydroxyl groups is 1. The number of amides is 1. The fourth-order valence-corrected chi connectivity index (χ4v) is 1.47. The number of halogens is 1. The van der Waals surface area contributed by atoms with Gasteiger partial charge in [-0.3, -0.25) is 0 Å². The highest BCUT2D eigenvalue weighted by Gasteiger charge is 2.15. The second kappa shape index (κ2) is 7.06. The summed E-state index contributed by atoms with van der Waals surface area (Å²) in [5.74, 6) is 5.83. The quantitative estimate of drug-likeness (QED) is 0.650. The Kier molecular flexibility index (Phi) is 5.72. The number of alkyl carbamates (subject to hydrolysis) is 1. The van der Waals surface area contributed by atoms with Crippen LogP contribution in [-0.2, 0) is 4.74 Å². The van der Waals surface area contributed by atoms with Crippen LogP contribution < -0.4 is 5.32 Å². The van der Waals surface area contributed by atoms with Gasteiger partial charge in [-0.05, 0) is 39.0 Å². The maximum atomic E-state index is 11.3. The Morgan fingerprint density at radius 2 is 2.15 bits per heavy atom. The summed E-state index contributed by atoms with van der Waals surface area (Å²) in [4.78, 5) is 11.3. The standard InChI is InChI=1S/C15H18ClNO3/c1-15(2,3)20-14(19)17-9-5-4-6-11-7-8-13(18)12(16)10-11/h7-8,10,18H,5,9H2,1-3H3,(H,17,19). The lowest BCUT2D eigenvalue weighted by molar-refractivity contribution is 0.0529. The number of carbonyl (C=O) groups excluding carboxylic acids is 1. The van der Waals surface area contributed by atoms with Crippen molar-refractivity contribution in [3.05, 3.63) is 28.8 Å². The molecular weight excluding hydrogens is 278 g/mol. The first-order valence-corrected chi connectivity index (χ1v) is 6.60. The molecule has 0 aliphatic rings. The molecule has 1 aromatic carbocycles. The van der Waals surface area contributed by atoms with E-state index in [1.54, 1.807) is 32.9 Å². The fraction of sp³-hybridized carbons (Fsp3) is 0.400. The van der Waals surface area contributed by atoms with Crippen molar-refractivity contribution in [3.63, 3.8) is 0 Å². The Morgan fingerprint density at radius 1 is 1.45 bits per heavy atom. The number of ether oxygens (including phenoxy) is 1. The van der Waals surface area contributed by atoms with Crippen molar-refractivity contribution < 1.29 is 14.6 Å². The highest BCUT2D eigenvalue weighted by molar-refractivity contribution is 6.32. The zero-order valence-electron chi connectivity index (χ0n) is 11.8. The van der Waals surface area contributed by atoms with Gasteiger partial charge in [0.1, 0.15) is 11.4 Å². The number of hydrogen-bond donors (Lipinski definition) is 2. The van der Waals surface area contributed by atoms with Gasteiger partial charge in [-0.2, -0.15) is 0 Å². The Labute approximate surface area is 124 Å². The van der Waals surface area contributed by atoms with Crippen molar-refractivity contribution in [3.8, 4) is 17.6 Å². The first-order valence-electron chi connectivity index (χ1n) is 6.22. The molecule has 0 aliphatic carbocycles. The molecule has 0 radical (unpaired) electrons. The van der Waals surface area contributed by atoms with Crippen molar-refractivity contribution in [1.29, 1.82) is 0 Å². The molecule has 2 N–H and O–H groups in total. The molecule has 108 valence electrons. The van der Waals surface area contributed by atoms with Gasteiger partial charge in [-0.25, -0.2) is 4.79 Å². The third-order valence-corrected chi connectivity index (χ3v) is 2.40. The molecule has 20 heavy (non-hydrogen) atoms. The number of hydrogen-bond acceptors (Lipinski definition) is 3. The van der Waals surface area contributed by atoms with Crippen LogP contribution in [0.25, 0.3) is 0 Å². The molecule has 0 fully saturated rings. The maximum Gasteiger partial charge on any atom is 0.407 e. The van der Waals surface area contributed by atoms with E-state index in [2.05, 4.69) is 17.2 Å². The lowest BCUT2D eigenvalue weighted by Gasteiger charge is -2.19. The number of phenolic OH excluding ortho intramolecular Hbond substituents is 1. The van der Waals surface area contributed by atoms with E-state index in [4.69, 9.17) is 16.3 Å². The number of phenols is 1. The van der Waals surface area contributed by atoms with Crippen molar-refractivity contribution in [2.75, 3.05) is 6.54 Å². The van der Waals surface area contributed by atoms with Crippen LogP contribution in [0, 0.1) is 11.8 Å². The van der Waals surface area contributed by atoms with Gasteiger partial charge in [0, 0.05) is 18.5 Å². The van der Waals surface area contributed by atoms with Crippen LogP contribution in [-0.4, -0.2) is 23.3 Å². The van der Waals surface area contributed by atoms with Gasteiger partial charge in [0.15, 0.2) is 0 Å². The number of nitrogens with one attached hydrogen (secondary N) is 1. The largest absolute Gasteiger partial charge is 0.506 e. The summed E-state index contributed by atoms with van der Waals surface area (Å²) in [7, 11) is 0. The third kappa shape index (κ3) is 6.35. The first-order chi connectivity index (χ1) is 9.28. The van der Waals surface area contributed by atoms with Crippen LogP contribution in [0.5, 0.6) is 5.75 Å². The number of rotatable bonds is 2. The average Bonchev–Trinajstić information content (AvgIpc) is 2.31. The Balaban J connectivity index is 2.36. The van der Waals surface area contributed by atoms with E-state index in [-0.39, 0.29) is 10.8 Å². The molecule has 1 amide bonds. The molecular formula is C15H18ClNO3. The predicted molar refractivity (Wildman–Crippen MR) is 78.8 cm³/mol. The lowest BCUT2D eigenvalue weighted by Crippen LogP contribution is -2.32. The monoisotopic (exact) mass is 295 g/mol. The molecule has 0 heterocycles. The second-order valence-electron chi connectivity index (χ2n) is 5.15. The smallest absolute Gasteiger partial charge is 0.407 e. The van der Waals surface area contributed by atoms with Gasteiger partial charge in [0.2, 0.25) is 0 Å². The third-order valence-electron chi connectivity index (χ3n) is 2.10. The van der Waals surface area contributed by atoms with Gasteiger partial charge in [-0.1, -0.05) is 23.4 Å². The van der Waals surface area contributed by atoms with Crippen LogP contribution in [0.3, 0.4) is 0 Å². The molecule has 5 heteroatoms. The van der Waals surface area contributed by atoms with Crippen LogP contribution >= 0.6 is 11.6 Å². The Morgan fingerprint density at radius 3 is 2.75 bits per heavy atom. The SMILES string of the molecule is CC(C)(C)OC(=O)NCCC#Cc1ccc(O)c(Cl)c1. The van der Waals surface area contributed by atoms with Gasteiger partial charge in [-0.15, -0.1) is 0 Å². The summed E-state index contributed by atoms with van der Waals surface area (Å²) < 4.78 is 5.09. The molecule has 0 unspecified atom stereocenters. The van der Waals surface area contributed by atoms with E-state index in [1.165, 1.54) is 6.07 Å². The van der Waals surface area contributed by atoms with Crippen molar-refractivity contribution in [2.45, 2.75) is 32.8 Å². The number of benzene rings is 1. The fourth-order valence-electron chi connectivity index (χ4n) is 1.29. The summed E-state index contributed by atoms with van der Waals surface area (Å²) in [6, 6.07) is 4.76. The van der Waals surface area contributed by atoms with Crippen LogP contribution in [0.4, 0.5) is 4.79 Å². The van der Waals surface area contributed by atoms with Crippen LogP contribution in [0.2, 0.25) is 5.02 Å². The van der Waals surface area contributed by atoms with E-state index in [0.29, 0.717) is 18.5 Å². The molecule has 0 aromatic heterocycles. The van der Waals surface area contributed by atoms with E-state index < -0.39 is 11.7 Å². The lowest BCUT2D eigenvalue weighted by atomic mass is 10.2. The minimum Gasteiger partial charge on any atom is -0.506 e. The minimum atomic E-state index is -0.501. The summed E-state index contributed by atoms with van der Waals surface area (Å²) in [6.45, 7) is 5.83.